The first kappa shape index (κ1) is 15.8. The van der Waals surface area contributed by atoms with Gasteiger partial charge in [0.05, 0.1) is 4.92 Å². The zero-order chi connectivity index (χ0) is 15.1. The highest BCUT2D eigenvalue weighted by molar-refractivity contribution is 5.79. The van der Waals surface area contributed by atoms with Crippen LogP contribution >= 0.6 is 0 Å². The molecule has 1 rings (SSSR count). The number of anilines is 1. The molecule has 110 valence electrons. The molecule has 0 spiro atoms. The maximum atomic E-state index is 13.4. The first-order valence-electron chi connectivity index (χ1n) is 5.88. The molecule has 20 heavy (non-hydrogen) atoms. The number of hydrogen-bond acceptors (Lipinski definition) is 5. The fourth-order valence-corrected chi connectivity index (χ4v) is 1.69. The number of nitrogens with one attached hydrogen (secondary N) is 1. The van der Waals surface area contributed by atoms with Gasteiger partial charge in [0, 0.05) is 13.7 Å². The molecule has 1 atom stereocenters. The summed E-state index contributed by atoms with van der Waals surface area (Å²) in [6.07, 6.45) is 0.667. The van der Waals surface area contributed by atoms with E-state index in [9.17, 15) is 19.3 Å². The number of carboxylic acids is 1. The molecule has 0 aliphatic carbocycles. The van der Waals surface area contributed by atoms with E-state index in [4.69, 9.17) is 9.84 Å². The van der Waals surface area contributed by atoms with Gasteiger partial charge in [0.1, 0.15) is 11.7 Å². The third-order valence-corrected chi connectivity index (χ3v) is 2.64. The van der Waals surface area contributed by atoms with Gasteiger partial charge in [0.15, 0.2) is 0 Å². The highest BCUT2D eigenvalue weighted by atomic mass is 19.1. The molecule has 0 heterocycles. The molecular formula is C12H15FN2O5. The summed E-state index contributed by atoms with van der Waals surface area (Å²) < 4.78 is 18.2. The third-order valence-electron chi connectivity index (χ3n) is 2.64. The fraction of sp³-hybridized carbons (Fsp3) is 0.417. The number of hydrogen-bond donors (Lipinski definition) is 2. The highest BCUT2D eigenvalue weighted by Gasteiger charge is 2.24. The molecule has 8 heteroatoms. The maximum Gasteiger partial charge on any atom is 0.327 e. The second-order valence-electron chi connectivity index (χ2n) is 4.06. The number of nitro groups is 1. The number of carboxylic acid groups (broad SMARTS) is 1. The van der Waals surface area contributed by atoms with Gasteiger partial charge >= 0.3 is 11.7 Å². The molecule has 2 N–H and O–H groups in total. The van der Waals surface area contributed by atoms with Crippen molar-refractivity contribution in [3.05, 3.63) is 34.1 Å². The number of nitrogens with zero attached hydrogens (tertiary/aromatic N) is 1. The summed E-state index contributed by atoms with van der Waals surface area (Å²) in [6.45, 7) is 0.372. The zero-order valence-electron chi connectivity index (χ0n) is 10.8. The van der Waals surface area contributed by atoms with E-state index in [-0.39, 0.29) is 12.1 Å². The Hall–Kier alpha value is -2.22. The molecule has 0 radical (unpaired) electrons. The Morgan fingerprint density at radius 2 is 2.30 bits per heavy atom. The van der Waals surface area contributed by atoms with Crippen LogP contribution in [-0.2, 0) is 9.53 Å². The summed E-state index contributed by atoms with van der Waals surface area (Å²) >= 11 is 0. The monoisotopic (exact) mass is 286 g/mol. The minimum Gasteiger partial charge on any atom is -0.480 e. The van der Waals surface area contributed by atoms with E-state index in [1.165, 1.54) is 19.2 Å². The topological polar surface area (TPSA) is 102 Å². The van der Waals surface area contributed by atoms with E-state index in [0.29, 0.717) is 13.0 Å². The van der Waals surface area contributed by atoms with Crippen molar-refractivity contribution in [3.63, 3.8) is 0 Å². The van der Waals surface area contributed by atoms with Crippen molar-refractivity contribution in [1.29, 1.82) is 0 Å². The number of benzene rings is 1. The molecule has 0 saturated heterocycles. The Balaban J connectivity index is 2.91. The van der Waals surface area contributed by atoms with Crippen molar-refractivity contribution in [2.45, 2.75) is 18.9 Å². The van der Waals surface area contributed by atoms with Gasteiger partial charge in [0.2, 0.25) is 5.82 Å². The molecule has 0 aliphatic rings. The van der Waals surface area contributed by atoms with Gasteiger partial charge in [-0.2, -0.15) is 4.39 Å². The summed E-state index contributed by atoms with van der Waals surface area (Å²) in [4.78, 5) is 21.0. The first-order chi connectivity index (χ1) is 9.47. The number of nitro benzene ring substituents is 1. The van der Waals surface area contributed by atoms with Crippen LogP contribution in [0.25, 0.3) is 0 Å². The number of carbonyl (C=O) groups is 1. The molecule has 0 aliphatic heterocycles. The van der Waals surface area contributed by atoms with Gasteiger partial charge in [-0.3, -0.25) is 10.1 Å². The van der Waals surface area contributed by atoms with Crippen LogP contribution in [0.3, 0.4) is 0 Å². The lowest BCUT2D eigenvalue weighted by Crippen LogP contribution is -2.30. The van der Waals surface area contributed by atoms with Crippen LogP contribution in [0, 0.1) is 15.9 Å². The average molecular weight is 286 g/mol. The summed E-state index contributed by atoms with van der Waals surface area (Å²) in [7, 11) is 1.49. The highest BCUT2D eigenvalue weighted by Crippen LogP contribution is 2.28. The summed E-state index contributed by atoms with van der Waals surface area (Å²) in [5.41, 5.74) is -0.912. The molecule has 0 aromatic heterocycles. The number of aliphatic carboxylic acids is 1. The minimum atomic E-state index is -1.17. The van der Waals surface area contributed by atoms with E-state index < -0.39 is 28.4 Å². The molecule has 1 aromatic carbocycles. The second kappa shape index (κ2) is 7.39. The van der Waals surface area contributed by atoms with E-state index in [1.807, 2.05) is 0 Å². The molecule has 0 amide bonds. The number of rotatable bonds is 8. The van der Waals surface area contributed by atoms with Gasteiger partial charge in [-0.25, -0.2) is 4.79 Å². The predicted octanol–water partition coefficient (Wildman–Crippen LogP) is 2.03. The maximum absolute atomic E-state index is 13.4. The Bertz CT molecular complexity index is 495. The van der Waals surface area contributed by atoms with Crippen molar-refractivity contribution in [3.8, 4) is 0 Å². The molecular weight excluding hydrogens is 271 g/mol. The van der Waals surface area contributed by atoms with Crippen LogP contribution in [0.2, 0.25) is 0 Å². The summed E-state index contributed by atoms with van der Waals surface area (Å²) in [6, 6.07) is 2.45. The van der Waals surface area contributed by atoms with Crippen LogP contribution in [0.4, 0.5) is 15.8 Å². The van der Waals surface area contributed by atoms with Crippen molar-refractivity contribution < 1.29 is 24.0 Å². The Morgan fingerprint density at radius 3 is 2.85 bits per heavy atom. The summed E-state index contributed by atoms with van der Waals surface area (Å²) in [5, 5.41) is 22.4. The van der Waals surface area contributed by atoms with Crippen molar-refractivity contribution in [2.24, 2.45) is 0 Å². The smallest absolute Gasteiger partial charge is 0.327 e. The van der Waals surface area contributed by atoms with Crippen LogP contribution < -0.4 is 5.32 Å². The Kier molecular flexibility index (Phi) is 5.85. The molecule has 1 unspecified atom stereocenters. The molecule has 7 nitrogen and oxygen atoms in total. The van der Waals surface area contributed by atoms with E-state index in [1.54, 1.807) is 0 Å². The fourth-order valence-electron chi connectivity index (χ4n) is 1.69. The SMILES string of the molecule is COCCCC(Nc1cccc(F)c1[N+](=O)[O-])C(=O)O. The van der Waals surface area contributed by atoms with Crippen LogP contribution in [0.15, 0.2) is 18.2 Å². The standard InChI is InChI=1S/C12H15FN2O5/c1-20-7-3-6-10(12(16)17)14-9-5-2-4-8(13)11(9)15(18)19/h2,4-5,10,14H,3,6-7H2,1H3,(H,16,17). The van der Waals surface area contributed by atoms with Gasteiger partial charge in [-0.15, -0.1) is 0 Å². The van der Waals surface area contributed by atoms with E-state index in [0.717, 1.165) is 6.07 Å². The second-order valence-corrected chi connectivity index (χ2v) is 4.06. The minimum absolute atomic E-state index is 0.153. The van der Waals surface area contributed by atoms with Crippen molar-refractivity contribution in [2.75, 3.05) is 19.0 Å². The van der Waals surface area contributed by atoms with Crippen LogP contribution in [-0.4, -0.2) is 35.8 Å². The molecule has 0 bridgehead atoms. The third kappa shape index (κ3) is 4.16. The lowest BCUT2D eigenvalue weighted by atomic mass is 10.1. The molecule has 0 fully saturated rings. The Labute approximate surface area is 114 Å². The lowest BCUT2D eigenvalue weighted by molar-refractivity contribution is -0.386. The average Bonchev–Trinajstić information content (AvgIpc) is 2.37. The number of para-hydroxylation sites is 1. The van der Waals surface area contributed by atoms with Crippen LogP contribution in [0.1, 0.15) is 12.8 Å². The van der Waals surface area contributed by atoms with Gasteiger partial charge in [-0.05, 0) is 25.0 Å². The predicted molar refractivity (Wildman–Crippen MR) is 69.2 cm³/mol. The van der Waals surface area contributed by atoms with Crippen LogP contribution in [0.5, 0.6) is 0 Å². The quantitative estimate of drug-likeness (QED) is 0.430. The van der Waals surface area contributed by atoms with Gasteiger partial charge < -0.3 is 15.2 Å². The zero-order valence-corrected chi connectivity index (χ0v) is 10.8. The number of ether oxygens (including phenoxy) is 1. The normalized spacial score (nSPS) is 11.9. The van der Waals surface area contributed by atoms with Crippen molar-refractivity contribution >= 4 is 17.3 Å². The lowest BCUT2D eigenvalue weighted by Gasteiger charge is -2.15. The number of methoxy groups -OCH3 is 1. The van der Waals surface area contributed by atoms with Crippen molar-refractivity contribution in [1.82, 2.24) is 0 Å². The van der Waals surface area contributed by atoms with E-state index >= 15 is 0 Å². The molecule has 1 aromatic rings. The first-order valence-corrected chi connectivity index (χ1v) is 5.88. The summed E-state index contributed by atoms with van der Waals surface area (Å²) in [5.74, 6) is -2.18. The van der Waals surface area contributed by atoms with E-state index in [2.05, 4.69) is 5.32 Å². The molecule has 0 saturated carbocycles. The Morgan fingerprint density at radius 1 is 1.60 bits per heavy atom. The van der Waals surface area contributed by atoms with Gasteiger partial charge in [-0.1, -0.05) is 6.07 Å². The van der Waals surface area contributed by atoms with Gasteiger partial charge in [0.25, 0.3) is 0 Å². The number of halogens is 1. The largest absolute Gasteiger partial charge is 0.480 e.